The maximum absolute atomic E-state index is 12.7. The molecule has 2 aromatic rings. The summed E-state index contributed by atoms with van der Waals surface area (Å²) in [6.45, 7) is 1.68. The molecule has 0 aliphatic carbocycles. The molecule has 0 bridgehead atoms. The molecular weight excluding hydrogens is 372 g/mol. The Morgan fingerprint density at radius 1 is 0.966 bits per heavy atom. The fourth-order valence-electron chi connectivity index (χ4n) is 4.15. The summed E-state index contributed by atoms with van der Waals surface area (Å²) >= 11 is 0. The molecule has 0 unspecified atom stereocenters. The van der Waals surface area contributed by atoms with Crippen molar-refractivity contribution < 1.29 is 23.9 Å². The fourth-order valence-corrected chi connectivity index (χ4v) is 4.15. The summed E-state index contributed by atoms with van der Waals surface area (Å²) in [4.78, 5) is 40.5. The van der Waals surface area contributed by atoms with Gasteiger partial charge < -0.3 is 14.4 Å². The molecule has 3 aliphatic rings. The summed E-state index contributed by atoms with van der Waals surface area (Å²) in [5.41, 5.74) is 3.14. The second-order valence-electron chi connectivity index (χ2n) is 7.45. The van der Waals surface area contributed by atoms with E-state index < -0.39 is 0 Å². The molecule has 7 nitrogen and oxygen atoms in total. The van der Waals surface area contributed by atoms with Crippen LogP contribution in [0.4, 0.5) is 0 Å². The van der Waals surface area contributed by atoms with E-state index in [9.17, 15) is 14.4 Å². The first-order chi connectivity index (χ1) is 14.1. The van der Waals surface area contributed by atoms with Crippen molar-refractivity contribution in [2.75, 3.05) is 19.9 Å². The van der Waals surface area contributed by atoms with Crippen LogP contribution in [0, 0.1) is 0 Å². The highest BCUT2D eigenvalue weighted by molar-refractivity contribution is 6.21. The van der Waals surface area contributed by atoms with Crippen molar-refractivity contribution in [3.05, 3.63) is 58.7 Å². The van der Waals surface area contributed by atoms with Crippen molar-refractivity contribution in [1.82, 2.24) is 9.80 Å². The summed E-state index contributed by atoms with van der Waals surface area (Å²) < 4.78 is 10.9. The molecule has 0 fully saturated rings. The van der Waals surface area contributed by atoms with Gasteiger partial charge in [-0.25, -0.2) is 0 Å². The van der Waals surface area contributed by atoms with E-state index in [1.807, 2.05) is 17.0 Å². The van der Waals surface area contributed by atoms with E-state index in [1.54, 1.807) is 24.3 Å². The van der Waals surface area contributed by atoms with Crippen LogP contribution in [-0.4, -0.2) is 47.4 Å². The molecule has 3 aliphatic heterocycles. The summed E-state index contributed by atoms with van der Waals surface area (Å²) in [5.74, 6) is 0.972. The third kappa shape index (κ3) is 3.03. The Bertz CT molecular complexity index is 997. The number of carbonyl (C=O) groups excluding carboxylic acids is 3. The van der Waals surface area contributed by atoms with Crippen molar-refractivity contribution in [3.8, 4) is 11.5 Å². The van der Waals surface area contributed by atoms with Crippen molar-refractivity contribution in [3.63, 3.8) is 0 Å². The van der Waals surface area contributed by atoms with Crippen LogP contribution in [0.5, 0.6) is 11.5 Å². The third-order valence-corrected chi connectivity index (χ3v) is 5.71. The van der Waals surface area contributed by atoms with E-state index in [-0.39, 0.29) is 31.1 Å². The summed E-state index contributed by atoms with van der Waals surface area (Å²) in [5, 5.41) is 0. The Kier molecular flexibility index (Phi) is 4.23. The van der Waals surface area contributed by atoms with Crippen LogP contribution in [0.2, 0.25) is 0 Å². The SMILES string of the molecule is O=C(CCCN1C(=O)c2ccccc2C1=O)N1CCc2cc3c(cc2C1)OCO3. The maximum Gasteiger partial charge on any atom is 0.261 e. The van der Waals surface area contributed by atoms with E-state index in [4.69, 9.17) is 9.47 Å². The molecule has 148 valence electrons. The molecule has 0 atom stereocenters. The largest absolute Gasteiger partial charge is 0.454 e. The highest BCUT2D eigenvalue weighted by atomic mass is 16.7. The zero-order valence-electron chi connectivity index (χ0n) is 15.8. The number of hydrogen-bond acceptors (Lipinski definition) is 5. The minimum Gasteiger partial charge on any atom is -0.454 e. The monoisotopic (exact) mass is 392 g/mol. The van der Waals surface area contributed by atoms with Gasteiger partial charge in [0.05, 0.1) is 11.1 Å². The van der Waals surface area contributed by atoms with E-state index in [2.05, 4.69) is 0 Å². The number of imide groups is 1. The summed E-state index contributed by atoms with van der Waals surface area (Å²) in [6.07, 6.45) is 1.53. The van der Waals surface area contributed by atoms with Gasteiger partial charge in [-0.05, 0) is 48.2 Å². The molecule has 2 aromatic carbocycles. The summed E-state index contributed by atoms with van der Waals surface area (Å²) in [6, 6.07) is 10.8. The normalized spacial score (nSPS) is 16.8. The highest BCUT2D eigenvalue weighted by Crippen LogP contribution is 2.36. The molecular formula is C22H20N2O5. The number of ether oxygens (including phenoxy) is 2. The van der Waals surface area contributed by atoms with E-state index in [0.717, 1.165) is 23.5 Å². The van der Waals surface area contributed by atoms with Crippen LogP contribution < -0.4 is 9.47 Å². The van der Waals surface area contributed by atoms with Crippen molar-refractivity contribution >= 4 is 17.7 Å². The first kappa shape index (κ1) is 17.7. The molecule has 7 heteroatoms. The molecule has 0 N–H and O–H groups in total. The Balaban J connectivity index is 1.18. The van der Waals surface area contributed by atoms with Gasteiger partial charge in [0.15, 0.2) is 11.5 Å². The number of nitrogens with zero attached hydrogens (tertiary/aromatic N) is 2. The smallest absolute Gasteiger partial charge is 0.261 e. The Hall–Kier alpha value is -3.35. The first-order valence-corrected chi connectivity index (χ1v) is 9.76. The predicted molar refractivity (Wildman–Crippen MR) is 103 cm³/mol. The van der Waals surface area contributed by atoms with Crippen LogP contribution in [0.3, 0.4) is 0 Å². The number of rotatable bonds is 4. The maximum atomic E-state index is 12.7. The first-order valence-electron chi connectivity index (χ1n) is 9.76. The number of fused-ring (bicyclic) bond motifs is 3. The zero-order chi connectivity index (χ0) is 20.0. The van der Waals surface area contributed by atoms with Gasteiger partial charge in [-0.3, -0.25) is 19.3 Å². The van der Waals surface area contributed by atoms with Crippen LogP contribution in [0.1, 0.15) is 44.7 Å². The van der Waals surface area contributed by atoms with Gasteiger partial charge in [0, 0.05) is 26.1 Å². The number of carbonyl (C=O) groups is 3. The average molecular weight is 392 g/mol. The molecule has 29 heavy (non-hydrogen) atoms. The van der Waals surface area contributed by atoms with Crippen LogP contribution in [0.25, 0.3) is 0 Å². The van der Waals surface area contributed by atoms with Crippen LogP contribution >= 0.6 is 0 Å². The standard InChI is InChI=1S/C22H20N2O5/c25-20(6-3-8-24-21(26)16-4-1-2-5-17(16)22(24)27)23-9-7-14-10-18-19(29-13-28-18)11-15(14)12-23/h1-2,4-5,10-11H,3,6-9,12-13H2. The fraction of sp³-hybridized carbons (Fsp3) is 0.318. The topological polar surface area (TPSA) is 76.2 Å². The third-order valence-electron chi connectivity index (χ3n) is 5.71. The van der Waals surface area contributed by atoms with Gasteiger partial charge in [0.2, 0.25) is 12.7 Å². The van der Waals surface area contributed by atoms with Crippen LogP contribution in [-0.2, 0) is 17.8 Å². The number of benzene rings is 2. The Labute approximate surface area is 167 Å². The molecule has 0 saturated heterocycles. The van der Waals surface area contributed by atoms with Crippen molar-refractivity contribution in [1.29, 1.82) is 0 Å². The molecule has 0 saturated carbocycles. The molecule has 0 radical (unpaired) electrons. The van der Waals surface area contributed by atoms with Gasteiger partial charge in [-0.15, -0.1) is 0 Å². The van der Waals surface area contributed by atoms with Gasteiger partial charge in [0.1, 0.15) is 0 Å². The zero-order valence-corrected chi connectivity index (χ0v) is 15.8. The molecule has 5 rings (SSSR count). The second-order valence-corrected chi connectivity index (χ2v) is 7.45. The summed E-state index contributed by atoms with van der Waals surface area (Å²) in [7, 11) is 0. The predicted octanol–water partition coefficient (Wildman–Crippen LogP) is 2.38. The van der Waals surface area contributed by atoms with Gasteiger partial charge >= 0.3 is 0 Å². The number of hydrogen-bond donors (Lipinski definition) is 0. The van der Waals surface area contributed by atoms with Crippen molar-refractivity contribution in [2.24, 2.45) is 0 Å². The van der Waals surface area contributed by atoms with Gasteiger partial charge in [-0.1, -0.05) is 12.1 Å². The Morgan fingerprint density at radius 3 is 2.31 bits per heavy atom. The molecule has 0 spiro atoms. The molecule has 0 aromatic heterocycles. The minimum atomic E-state index is -0.277. The quantitative estimate of drug-likeness (QED) is 0.747. The highest BCUT2D eigenvalue weighted by Gasteiger charge is 2.34. The lowest BCUT2D eigenvalue weighted by molar-refractivity contribution is -0.132. The second kappa shape index (κ2) is 6.92. The van der Waals surface area contributed by atoms with Gasteiger partial charge in [-0.2, -0.15) is 0 Å². The van der Waals surface area contributed by atoms with Crippen molar-refractivity contribution in [2.45, 2.75) is 25.8 Å². The lowest BCUT2D eigenvalue weighted by Gasteiger charge is -2.29. The lowest BCUT2D eigenvalue weighted by atomic mass is 9.98. The minimum absolute atomic E-state index is 0.0323. The van der Waals surface area contributed by atoms with Gasteiger partial charge in [0.25, 0.3) is 11.8 Å². The van der Waals surface area contributed by atoms with E-state index >= 15 is 0 Å². The Morgan fingerprint density at radius 2 is 1.62 bits per heavy atom. The molecule has 3 amide bonds. The number of amides is 3. The molecule has 3 heterocycles. The average Bonchev–Trinajstić information content (AvgIpc) is 3.29. The van der Waals surface area contributed by atoms with E-state index in [1.165, 1.54) is 10.5 Å². The lowest BCUT2D eigenvalue weighted by Crippen LogP contribution is -2.37. The van der Waals surface area contributed by atoms with E-state index in [0.29, 0.717) is 37.1 Å². The van der Waals surface area contributed by atoms with Crippen LogP contribution in [0.15, 0.2) is 36.4 Å².